The first-order chi connectivity index (χ1) is 10.6. The molecular weight excluding hydrogens is 370 g/mol. The standard InChI is InChI=1S/C16H17BrClNO3/c1-20-14-6-4-10(8-13(14)18)19-9-11-12(17)5-7-15(21-2)16(11)22-3/h4-8,19H,9H2,1-3H3. The van der Waals surface area contributed by atoms with Crippen LogP contribution in [0.15, 0.2) is 34.8 Å². The fraction of sp³-hybridized carbons (Fsp3) is 0.250. The fourth-order valence-corrected chi connectivity index (χ4v) is 2.81. The Balaban J connectivity index is 2.23. The molecule has 0 unspecified atom stereocenters. The van der Waals surface area contributed by atoms with E-state index in [-0.39, 0.29) is 0 Å². The van der Waals surface area contributed by atoms with Gasteiger partial charge in [0.15, 0.2) is 11.5 Å². The zero-order valence-electron chi connectivity index (χ0n) is 12.6. The van der Waals surface area contributed by atoms with Gasteiger partial charge in [-0.05, 0) is 30.3 Å². The Kier molecular flexibility index (Phi) is 5.80. The molecule has 4 nitrogen and oxygen atoms in total. The summed E-state index contributed by atoms with van der Waals surface area (Å²) >= 11 is 9.67. The number of halogens is 2. The van der Waals surface area contributed by atoms with Gasteiger partial charge in [-0.2, -0.15) is 0 Å². The van der Waals surface area contributed by atoms with E-state index in [4.69, 9.17) is 25.8 Å². The van der Waals surface area contributed by atoms with Crippen LogP contribution in [0.5, 0.6) is 17.2 Å². The number of ether oxygens (including phenoxy) is 3. The van der Waals surface area contributed by atoms with E-state index in [1.54, 1.807) is 21.3 Å². The second kappa shape index (κ2) is 7.61. The van der Waals surface area contributed by atoms with Crippen molar-refractivity contribution in [3.8, 4) is 17.2 Å². The Morgan fingerprint density at radius 2 is 1.68 bits per heavy atom. The fourth-order valence-electron chi connectivity index (χ4n) is 2.10. The molecule has 0 bridgehead atoms. The zero-order chi connectivity index (χ0) is 16.1. The lowest BCUT2D eigenvalue weighted by atomic mass is 10.1. The quantitative estimate of drug-likeness (QED) is 0.778. The Morgan fingerprint density at radius 3 is 2.27 bits per heavy atom. The topological polar surface area (TPSA) is 39.7 Å². The van der Waals surface area contributed by atoms with Crippen molar-refractivity contribution in [2.75, 3.05) is 26.6 Å². The van der Waals surface area contributed by atoms with Gasteiger partial charge in [0.2, 0.25) is 0 Å². The highest BCUT2D eigenvalue weighted by Gasteiger charge is 2.13. The third-order valence-corrected chi connectivity index (χ3v) is 4.25. The van der Waals surface area contributed by atoms with Crippen molar-refractivity contribution >= 4 is 33.2 Å². The van der Waals surface area contributed by atoms with Gasteiger partial charge in [-0.25, -0.2) is 0 Å². The normalized spacial score (nSPS) is 10.2. The number of hydrogen-bond donors (Lipinski definition) is 1. The van der Waals surface area contributed by atoms with Crippen LogP contribution in [0.3, 0.4) is 0 Å². The first kappa shape index (κ1) is 16.8. The molecule has 0 aliphatic rings. The summed E-state index contributed by atoms with van der Waals surface area (Å²) in [5.74, 6) is 2.03. The molecule has 1 N–H and O–H groups in total. The van der Waals surface area contributed by atoms with Gasteiger partial charge in [-0.1, -0.05) is 27.5 Å². The van der Waals surface area contributed by atoms with E-state index >= 15 is 0 Å². The van der Waals surface area contributed by atoms with E-state index < -0.39 is 0 Å². The summed E-state index contributed by atoms with van der Waals surface area (Å²) < 4.78 is 16.9. The second-order valence-corrected chi connectivity index (χ2v) is 5.73. The third-order valence-electron chi connectivity index (χ3n) is 3.21. The lowest BCUT2D eigenvalue weighted by Crippen LogP contribution is -2.04. The van der Waals surface area contributed by atoms with Crippen LogP contribution in [0.2, 0.25) is 5.02 Å². The van der Waals surface area contributed by atoms with Gasteiger partial charge in [0.25, 0.3) is 0 Å². The number of nitrogens with one attached hydrogen (secondary N) is 1. The molecule has 0 radical (unpaired) electrons. The highest BCUT2D eigenvalue weighted by molar-refractivity contribution is 9.10. The van der Waals surface area contributed by atoms with Gasteiger partial charge < -0.3 is 19.5 Å². The number of methoxy groups -OCH3 is 3. The van der Waals surface area contributed by atoms with Crippen molar-refractivity contribution in [2.24, 2.45) is 0 Å². The molecule has 6 heteroatoms. The van der Waals surface area contributed by atoms with Crippen molar-refractivity contribution in [2.45, 2.75) is 6.54 Å². The smallest absolute Gasteiger partial charge is 0.166 e. The average Bonchev–Trinajstić information content (AvgIpc) is 2.53. The minimum Gasteiger partial charge on any atom is -0.495 e. The zero-order valence-corrected chi connectivity index (χ0v) is 14.9. The molecular formula is C16H17BrClNO3. The Bertz CT molecular complexity index is 664. The van der Waals surface area contributed by atoms with Crippen molar-refractivity contribution < 1.29 is 14.2 Å². The highest BCUT2D eigenvalue weighted by Crippen LogP contribution is 2.36. The molecule has 0 aliphatic carbocycles. The monoisotopic (exact) mass is 385 g/mol. The SMILES string of the molecule is COc1ccc(NCc2c(Br)ccc(OC)c2OC)cc1Cl. The summed E-state index contributed by atoms with van der Waals surface area (Å²) in [6, 6.07) is 9.34. The number of rotatable bonds is 6. The largest absolute Gasteiger partial charge is 0.495 e. The van der Waals surface area contributed by atoms with Crippen LogP contribution in [-0.4, -0.2) is 21.3 Å². The third kappa shape index (κ3) is 3.59. The predicted molar refractivity (Wildman–Crippen MR) is 92.6 cm³/mol. The van der Waals surface area contributed by atoms with Crippen molar-refractivity contribution in [1.29, 1.82) is 0 Å². The van der Waals surface area contributed by atoms with Crippen molar-refractivity contribution in [1.82, 2.24) is 0 Å². The van der Waals surface area contributed by atoms with Crippen molar-refractivity contribution in [3.63, 3.8) is 0 Å². The van der Waals surface area contributed by atoms with Gasteiger partial charge in [-0.15, -0.1) is 0 Å². The summed E-state index contributed by atoms with van der Waals surface area (Å²) in [5, 5.41) is 3.87. The van der Waals surface area contributed by atoms with Gasteiger partial charge in [-0.3, -0.25) is 0 Å². The molecule has 118 valence electrons. The molecule has 0 saturated carbocycles. The lowest BCUT2D eigenvalue weighted by molar-refractivity contribution is 0.351. The molecule has 0 spiro atoms. The summed E-state index contributed by atoms with van der Waals surface area (Å²) in [7, 11) is 4.83. The summed E-state index contributed by atoms with van der Waals surface area (Å²) in [6.07, 6.45) is 0. The van der Waals surface area contributed by atoms with E-state index in [9.17, 15) is 0 Å². The molecule has 0 heterocycles. The Morgan fingerprint density at radius 1 is 1.00 bits per heavy atom. The van der Waals surface area contributed by atoms with E-state index in [0.717, 1.165) is 15.7 Å². The van der Waals surface area contributed by atoms with Crippen LogP contribution in [0.1, 0.15) is 5.56 Å². The molecule has 0 aromatic heterocycles. The summed E-state index contributed by atoms with van der Waals surface area (Å²) in [5.41, 5.74) is 1.86. The van der Waals surface area contributed by atoms with E-state index in [2.05, 4.69) is 21.2 Å². The minimum absolute atomic E-state index is 0.559. The average molecular weight is 387 g/mol. The van der Waals surface area contributed by atoms with Crippen LogP contribution in [0.4, 0.5) is 5.69 Å². The molecule has 2 aromatic carbocycles. The Hall–Kier alpha value is -1.59. The summed E-state index contributed by atoms with van der Waals surface area (Å²) in [6.45, 7) is 0.559. The van der Waals surface area contributed by atoms with Crippen LogP contribution in [-0.2, 0) is 6.54 Å². The first-order valence-electron chi connectivity index (χ1n) is 6.57. The highest BCUT2D eigenvalue weighted by atomic mass is 79.9. The van der Waals surface area contributed by atoms with Gasteiger partial charge in [0.05, 0.1) is 26.4 Å². The van der Waals surface area contributed by atoms with Crippen LogP contribution in [0, 0.1) is 0 Å². The van der Waals surface area contributed by atoms with Crippen molar-refractivity contribution in [3.05, 3.63) is 45.4 Å². The molecule has 0 saturated heterocycles. The molecule has 0 fully saturated rings. The van der Waals surface area contributed by atoms with Gasteiger partial charge in [0.1, 0.15) is 5.75 Å². The van der Waals surface area contributed by atoms with Crippen LogP contribution in [0.25, 0.3) is 0 Å². The van der Waals surface area contributed by atoms with E-state index in [1.165, 1.54) is 0 Å². The van der Waals surface area contributed by atoms with Crippen LogP contribution >= 0.6 is 27.5 Å². The van der Waals surface area contributed by atoms with Gasteiger partial charge in [0, 0.05) is 22.3 Å². The van der Waals surface area contributed by atoms with Crippen LogP contribution < -0.4 is 19.5 Å². The summed E-state index contributed by atoms with van der Waals surface area (Å²) in [4.78, 5) is 0. The molecule has 0 aliphatic heterocycles. The molecule has 22 heavy (non-hydrogen) atoms. The number of anilines is 1. The predicted octanol–water partition coefficient (Wildman–Crippen LogP) is 4.74. The second-order valence-electron chi connectivity index (χ2n) is 4.46. The molecule has 0 atom stereocenters. The number of hydrogen-bond acceptors (Lipinski definition) is 4. The van der Waals surface area contributed by atoms with Gasteiger partial charge >= 0.3 is 0 Å². The molecule has 0 amide bonds. The van der Waals surface area contributed by atoms with E-state index in [0.29, 0.717) is 28.8 Å². The first-order valence-corrected chi connectivity index (χ1v) is 7.74. The number of benzene rings is 2. The maximum atomic E-state index is 6.13. The maximum absolute atomic E-state index is 6.13. The van der Waals surface area contributed by atoms with E-state index in [1.807, 2.05) is 30.3 Å². The molecule has 2 rings (SSSR count). The Labute approximate surface area is 143 Å². The lowest BCUT2D eigenvalue weighted by Gasteiger charge is -2.16. The maximum Gasteiger partial charge on any atom is 0.166 e. The molecule has 2 aromatic rings. The minimum atomic E-state index is 0.559.